The molecule has 2 rings (SSSR count). The lowest BCUT2D eigenvalue weighted by molar-refractivity contribution is -0.117. The fraction of sp³-hybridized carbons (Fsp3) is 0.533. The molecule has 1 saturated heterocycles. The first kappa shape index (κ1) is 16.0. The van der Waals surface area contributed by atoms with E-state index in [1.165, 1.54) is 0 Å². The van der Waals surface area contributed by atoms with Crippen LogP contribution in [-0.4, -0.2) is 48.6 Å². The van der Waals surface area contributed by atoms with Crippen LogP contribution < -0.4 is 15.8 Å². The maximum absolute atomic E-state index is 12.2. The van der Waals surface area contributed by atoms with Gasteiger partial charge in [-0.25, -0.2) is 0 Å². The number of nitrogens with zero attached hydrogens (tertiary/aromatic N) is 1. The highest BCUT2D eigenvalue weighted by molar-refractivity contribution is 8.00. The highest BCUT2D eigenvalue weighted by Gasteiger charge is 2.21. The zero-order valence-electron chi connectivity index (χ0n) is 12.6. The lowest BCUT2D eigenvalue weighted by Crippen LogP contribution is -2.42. The quantitative estimate of drug-likeness (QED) is 0.815. The molecule has 1 amide bonds. The normalized spacial score (nSPS) is 19.2. The van der Waals surface area contributed by atoms with Crippen molar-refractivity contribution >= 4 is 29.0 Å². The Morgan fingerprint density at radius 1 is 1.57 bits per heavy atom. The fourth-order valence-corrected chi connectivity index (χ4v) is 3.64. The van der Waals surface area contributed by atoms with Crippen molar-refractivity contribution in [1.82, 2.24) is 4.90 Å². The molecular weight excluding hydrogens is 286 g/mol. The maximum Gasteiger partial charge on any atom is 0.238 e. The number of carbonyl (C=O) groups excluding carboxylic acids is 1. The molecule has 1 aromatic rings. The van der Waals surface area contributed by atoms with Gasteiger partial charge in [0.1, 0.15) is 5.75 Å². The fourth-order valence-electron chi connectivity index (χ4n) is 2.39. The predicted molar refractivity (Wildman–Crippen MR) is 89.0 cm³/mol. The lowest BCUT2D eigenvalue weighted by atomic mass is 10.2. The molecule has 1 aromatic carbocycles. The van der Waals surface area contributed by atoms with Gasteiger partial charge in [-0.05, 0) is 24.6 Å². The number of nitrogen functional groups attached to an aromatic ring is 1. The molecule has 1 atom stereocenters. The first-order valence-corrected chi connectivity index (χ1v) is 8.24. The third-order valence-corrected chi connectivity index (χ3v) is 4.92. The maximum atomic E-state index is 12.2. The number of ether oxygens (including phenoxy) is 1. The molecule has 1 heterocycles. The monoisotopic (exact) mass is 309 g/mol. The molecule has 0 bridgehead atoms. The standard InChI is InChI=1S/C15H23N3O2S/c1-3-12-9-18(6-7-21-12)10-15(19)17-13-8-11(16)4-5-14(13)20-2/h4-5,8,12H,3,6-7,9-10,16H2,1-2H3,(H,17,19). The Kier molecular flexibility index (Phi) is 5.76. The second-order valence-electron chi connectivity index (χ2n) is 5.14. The van der Waals surface area contributed by atoms with Crippen molar-refractivity contribution in [3.05, 3.63) is 18.2 Å². The van der Waals surface area contributed by atoms with Crippen molar-refractivity contribution in [1.29, 1.82) is 0 Å². The van der Waals surface area contributed by atoms with Crippen molar-refractivity contribution in [2.45, 2.75) is 18.6 Å². The number of amides is 1. The van der Waals surface area contributed by atoms with Crippen LogP contribution in [0.4, 0.5) is 11.4 Å². The van der Waals surface area contributed by atoms with Crippen LogP contribution in [0.15, 0.2) is 18.2 Å². The molecule has 0 saturated carbocycles. The number of nitrogens with two attached hydrogens (primary N) is 1. The minimum absolute atomic E-state index is 0.0272. The highest BCUT2D eigenvalue weighted by Crippen LogP contribution is 2.26. The van der Waals surface area contributed by atoms with Gasteiger partial charge in [-0.15, -0.1) is 0 Å². The van der Waals surface area contributed by atoms with Gasteiger partial charge in [0, 0.05) is 29.8 Å². The van der Waals surface area contributed by atoms with Crippen molar-refractivity contribution in [3.8, 4) is 5.75 Å². The average molecular weight is 309 g/mol. The van der Waals surface area contributed by atoms with Gasteiger partial charge < -0.3 is 15.8 Å². The van der Waals surface area contributed by atoms with Crippen LogP contribution in [0.1, 0.15) is 13.3 Å². The number of nitrogens with one attached hydrogen (secondary N) is 1. The molecule has 0 aliphatic carbocycles. The Morgan fingerprint density at radius 2 is 2.38 bits per heavy atom. The molecule has 0 spiro atoms. The molecule has 6 heteroatoms. The second-order valence-corrected chi connectivity index (χ2v) is 6.55. The van der Waals surface area contributed by atoms with E-state index in [4.69, 9.17) is 10.5 Å². The second kappa shape index (κ2) is 7.56. The Morgan fingerprint density at radius 3 is 3.10 bits per heavy atom. The zero-order valence-corrected chi connectivity index (χ0v) is 13.4. The molecule has 1 fully saturated rings. The minimum atomic E-state index is -0.0272. The summed E-state index contributed by atoms with van der Waals surface area (Å²) in [5.74, 6) is 1.69. The van der Waals surface area contributed by atoms with Crippen molar-refractivity contribution in [3.63, 3.8) is 0 Å². The number of benzene rings is 1. The van der Waals surface area contributed by atoms with Crippen LogP contribution in [0, 0.1) is 0 Å². The number of thioether (sulfide) groups is 1. The van der Waals surface area contributed by atoms with Gasteiger partial charge in [-0.2, -0.15) is 11.8 Å². The number of carbonyl (C=O) groups is 1. The van der Waals surface area contributed by atoms with Gasteiger partial charge in [-0.3, -0.25) is 9.69 Å². The Labute approximate surface area is 130 Å². The van der Waals surface area contributed by atoms with E-state index in [1.54, 1.807) is 25.3 Å². The summed E-state index contributed by atoms with van der Waals surface area (Å²) in [5, 5.41) is 3.52. The van der Waals surface area contributed by atoms with Crippen molar-refractivity contribution < 1.29 is 9.53 Å². The zero-order chi connectivity index (χ0) is 15.2. The summed E-state index contributed by atoms with van der Waals surface area (Å²) in [6, 6.07) is 5.23. The molecule has 1 aliphatic rings. The smallest absolute Gasteiger partial charge is 0.238 e. The summed E-state index contributed by atoms with van der Waals surface area (Å²) < 4.78 is 5.24. The molecule has 21 heavy (non-hydrogen) atoms. The molecule has 0 aromatic heterocycles. The number of rotatable bonds is 5. The van der Waals surface area contributed by atoms with Crippen LogP contribution in [0.5, 0.6) is 5.75 Å². The van der Waals surface area contributed by atoms with Crippen molar-refractivity contribution in [2.24, 2.45) is 0 Å². The first-order valence-electron chi connectivity index (χ1n) is 7.19. The molecule has 3 N–H and O–H groups in total. The number of methoxy groups -OCH3 is 1. The third-order valence-electron chi connectivity index (χ3n) is 3.54. The molecular formula is C15H23N3O2S. The first-order chi connectivity index (χ1) is 10.1. The predicted octanol–water partition coefficient (Wildman–Crippen LogP) is 2.04. The van der Waals surface area contributed by atoms with E-state index in [2.05, 4.69) is 17.1 Å². The van der Waals surface area contributed by atoms with Gasteiger partial charge in [-0.1, -0.05) is 6.92 Å². The molecule has 116 valence electrons. The van der Waals surface area contributed by atoms with E-state index < -0.39 is 0 Å². The summed E-state index contributed by atoms with van der Waals surface area (Å²) in [4.78, 5) is 14.4. The van der Waals surface area contributed by atoms with E-state index >= 15 is 0 Å². The molecule has 5 nitrogen and oxygen atoms in total. The Balaban J connectivity index is 1.94. The summed E-state index contributed by atoms with van der Waals surface area (Å²) in [6.07, 6.45) is 1.14. The minimum Gasteiger partial charge on any atom is -0.495 e. The largest absolute Gasteiger partial charge is 0.495 e. The Bertz CT molecular complexity index is 496. The average Bonchev–Trinajstić information content (AvgIpc) is 2.47. The van der Waals surface area contributed by atoms with Gasteiger partial charge >= 0.3 is 0 Å². The van der Waals surface area contributed by atoms with Crippen LogP contribution in [-0.2, 0) is 4.79 Å². The van der Waals surface area contributed by atoms with E-state index in [0.717, 1.165) is 25.3 Å². The van der Waals surface area contributed by atoms with E-state index in [-0.39, 0.29) is 5.91 Å². The molecule has 1 unspecified atom stereocenters. The SMILES string of the molecule is CCC1CN(CC(=O)Nc2cc(N)ccc2OC)CCS1. The Hall–Kier alpha value is -1.40. The summed E-state index contributed by atoms with van der Waals surface area (Å²) >= 11 is 2.00. The van der Waals surface area contributed by atoms with Crippen LogP contribution in [0.2, 0.25) is 0 Å². The number of hydrogen-bond donors (Lipinski definition) is 2. The third kappa shape index (κ3) is 4.54. The summed E-state index contributed by atoms with van der Waals surface area (Å²) in [5.41, 5.74) is 6.99. The van der Waals surface area contributed by atoms with Gasteiger partial charge in [0.15, 0.2) is 0 Å². The van der Waals surface area contributed by atoms with E-state index in [0.29, 0.717) is 28.9 Å². The summed E-state index contributed by atoms with van der Waals surface area (Å²) in [7, 11) is 1.58. The topological polar surface area (TPSA) is 67.6 Å². The summed E-state index contributed by atoms with van der Waals surface area (Å²) in [6.45, 7) is 4.54. The van der Waals surface area contributed by atoms with E-state index in [9.17, 15) is 4.79 Å². The van der Waals surface area contributed by atoms with Crippen LogP contribution in [0.3, 0.4) is 0 Å². The van der Waals surface area contributed by atoms with Crippen molar-refractivity contribution in [2.75, 3.05) is 43.5 Å². The van der Waals surface area contributed by atoms with Gasteiger partial charge in [0.2, 0.25) is 5.91 Å². The lowest BCUT2D eigenvalue weighted by Gasteiger charge is -2.31. The number of hydrogen-bond acceptors (Lipinski definition) is 5. The van der Waals surface area contributed by atoms with E-state index in [1.807, 2.05) is 11.8 Å². The molecule has 1 aliphatic heterocycles. The number of anilines is 2. The van der Waals surface area contributed by atoms with Gasteiger partial charge in [0.25, 0.3) is 0 Å². The van der Waals surface area contributed by atoms with Gasteiger partial charge in [0.05, 0.1) is 19.3 Å². The highest BCUT2D eigenvalue weighted by atomic mass is 32.2. The van der Waals surface area contributed by atoms with Crippen LogP contribution in [0.25, 0.3) is 0 Å². The van der Waals surface area contributed by atoms with Crippen LogP contribution >= 0.6 is 11.8 Å². The molecule has 0 radical (unpaired) electrons.